The molecule has 2 aromatic carbocycles. The molecule has 0 aliphatic carbocycles. The quantitative estimate of drug-likeness (QED) is 0.619. The summed E-state index contributed by atoms with van der Waals surface area (Å²) >= 11 is 0. The summed E-state index contributed by atoms with van der Waals surface area (Å²) < 4.78 is 11.7. The lowest BCUT2D eigenvalue weighted by Gasteiger charge is -2.33. The largest absolute Gasteiger partial charge is 0.508 e. The summed E-state index contributed by atoms with van der Waals surface area (Å²) in [7, 11) is 0. The fourth-order valence-corrected chi connectivity index (χ4v) is 4.31. The Kier molecular flexibility index (Phi) is 6.51. The van der Waals surface area contributed by atoms with Gasteiger partial charge < -0.3 is 29.7 Å². The van der Waals surface area contributed by atoms with Crippen LogP contribution in [-0.2, 0) is 17.8 Å². The summed E-state index contributed by atoms with van der Waals surface area (Å²) in [5.41, 5.74) is 3.23. The van der Waals surface area contributed by atoms with Gasteiger partial charge in [0.2, 0.25) is 0 Å². The highest BCUT2D eigenvalue weighted by atomic mass is 16.5. The number of nitrogens with zero attached hydrogens (tertiary/aromatic N) is 1. The average molecular weight is 427 g/mol. The zero-order valence-corrected chi connectivity index (χ0v) is 18.3. The van der Waals surface area contributed by atoms with E-state index in [0.717, 1.165) is 55.3 Å². The van der Waals surface area contributed by atoms with E-state index in [-0.39, 0.29) is 17.8 Å². The standard InChI is InChI=1S/C24H31N3O4/c1-3-30-22-13-18-12-17(2)31-23(18)14-19(22)15-25-24(29)16-26-8-10-27(11-9-26)20-4-6-21(28)7-5-20/h4-7,13-14,17,28H,3,8-12,15-16H2,1-2H3,(H,25,29)/p+1/t17-/m0/s1. The first-order chi connectivity index (χ1) is 15.0. The maximum atomic E-state index is 12.6. The minimum atomic E-state index is 0.0466. The van der Waals surface area contributed by atoms with Gasteiger partial charge in [-0.05, 0) is 50.2 Å². The van der Waals surface area contributed by atoms with Crippen molar-refractivity contribution in [2.45, 2.75) is 32.9 Å². The molecule has 3 N–H and O–H groups in total. The van der Waals surface area contributed by atoms with Gasteiger partial charge in [-0.1, -0.05) is 0 Å². The normalized spacial score (nSPS) is 18.4. The van der Waals surface area contributed by atoms with E-state index in [2.05, 4.69) is 23.2 Å². The molecule has 2 heterocycles. The van der Waals surface area contributed by atoms with Crippen molar-refractivity contribution in [1.82, 2.24) is 5.32 Å². The van der Waals surface area contributed by atoms with Crippen LogP contribution in [0.5, 0.6) is 17.2 Å². The van der Waals surface area contributed by atoms with Crippen LogP contribution in [0, 0.1) is 0 Å². The molecule has 166 valence electrons. The third kappa shape index (κ3) is 5.22. The number of quaternary nitrogens is 1. The van der Waals surface area contributed by atoms with E-state index in [9.17, 15) is 9.90 Å². The first-order valence-corrected chi connectivity index (χ1v) is 11.1. The van der Waals surface area contributed by atoms with Crippen LogP contribution in [0.15, 0.2) is 36.4 Å². The van der Waals surface area contributed by atoms with E-state index in [1.54, 1.807) is 12.1 Å². The lowest BCUT2D eigenvalue weighted by atomic mass is 10.1. The Morgan fingerprint density at radius 1 is 1.26 bits per heavy atom. The number of anilines is 1. The van der Waals surface area contributed by atoms with E-state index in [1.165, 1.54) is 10.5 Å². The number of fused-ring (bicyclic) bond motifs is 1. The van der Waals surface area contributed by atoms with E-state index in [1.807, 2.05) is 25.1 Å². The summed E-state index contributed by atoms with van der Waals surface area (Å²) in [6.07, 6.45) is 1.07. The predicted molar refractivity (Wildman–Crippen MR) is 119 cm³/mol. The lowest BCUT2D eigenvalue weighted by molar-refractivity contribution is -0.892. The third-order valence-corrected chi connectivity index (χ3v) is 5.95. The van der Waals surface area contributed by atoms with Crippen LogP contribution in [0.2, 0.25) is 0 Å². The van der Waals surface area contributed by atoms with Gasteiger partial charge in [0, 0.05) is 29.8 Å². The van der Waals surface area contributed by atoms with Crippen molar-refractivity contribution in [3.8, 4) is 17.2 Å². The minimum absolute atomic E-state index is 0.0466. The number of amides is 1. The Morgan fingerprint density at radius 2 is 2.00 bits per heavy atom. The highest BCUT2D eigenvalue weighted by Crippen LogP contribution is 2.35. The minimum Gasteiger partial charge on any atom is -0.508 e. The zero-order valence-electron chi connectivity index (χ0n) is 18.3. The smallest absolute Gasteiger partial charge is 0.275 e. The van der Waals surface area contributed by atoms with Crippen LogP contribution in [0.1, 0.15) is 25.0 Å². The van der Waals surface area contributed by atoms with Gasteiger partial charge in [0.05, 0.1) is 32.8 Å². The number of phenols is 1. The number of nitrogens with one attached hydrogen (secondary N) is 2. The Bertz CT molecular complexity index is 908. The van der Waals surface area contributed by atoms with Crippen molar-refractivity contribution in [3.63, 3.8) is 0 Å². The molecule has 2 aliphatic rings. The molecule has 0 radical (unpaired) electrons. The third-order valence-electron chi connectivity index (χ3n) is 5.95. The molecule has 1 saturated heterocycles. The molecule has 7 nitrogen and oxygen atoms in total. The second-order valence-electron chi connectivity index (χ2n) is 8.34. The number of aromatic hydroxyl groups is 1. The highest BCUT2D eigenvalue weighted by Gasteiger charge is 2.24. The lowest BCUT2D eigenvalue weighted by Crippen LogP contribution is -3.15. The first kappa shape index (κ1) is 21.3. The van der Waals surface area contributed by atoms with Crippen LogP contribution < -0.4 is 24.6 Å². The van der Waals surface area contributed by atoms with Crippen molar-refractivity contribution in [2.75, 3.05) is 44.2 Å². The fraction of sp³-hybridized carbons (Fsp3) is 0.458. The monoisotopic (exact) mass is 426 g/mol. The van der Waals surface area contributed by atoms with Crippen LogP contribution in [0.3, 0.4) is 0 Å². The number of carbonyl (C=O) groups is 1. The molecule has 4 rings (SSSR count). The molecule has 0 bridgehead atoms. The fourth-order valence-electron chi connectivity index (χ4n) is 4.31. The summed E-state index contributed by atoms with van der Waals surface area (Å²) in [6.45, 7) is 9.11. The van der Waals surface area contributed by atoms with Crippen molar-refractivity contribution in [1.29, 1.82) is 0 Å². The van der Waals surface area contributed by atoms with Gasteiger partial charge in [-0.15, -0.1) is 0 Å². The van der Waals surface area contributed by atoms with Crippen molar-refractivity contribution in [2.24, 2.45) is 0 Å². The highest BCUT2D eigenvalue weighted by molar-refractivity contribution is 5.77. The Balaban J connectivity index is 1.28. The number of carbonyl (C=O) groups excluding carboxylic acids is 1. The van der Waals surface area contributed by atoms with Crippen LogP contribution in [-0.4, -0.2) is 56.4 Å². The van der Waals surface area contributed by atoms with E-state index >= 15 is 0 Å². The summed E-state index contributed by atoms with van der Waals surface area (Å²) in [5, 5.41) is 12.5. The van der Waals surface area contributed by atoms with Gasteiger partial charge in [0.25, 0.3) is 5.91 Å². The summed E-state index contributed by atoms with van der Waals surface area (Å²) in [6, 6.07) is 11.4. The number of benzene rings is 2. The number of ether oxygens (including phenoxy) is 2. The molecule has 2 aliphatic heterocycles. The molecule has 2 aromatic rings. The maximum absolute atomic E-state index is 12.6. The molecule has 1 amide bonds. The van der Waals surface area contributed by atoms with Crippen LogP contribution in [0.25, 0.3) is 0 Å². The summed E-state index contributed by atoms with van der Waals surface area (Å²) in [4.78, 5) is 16.2. The zero-order chi connectivity index (χ0) is 21.8. The molecule has 0 aromatic heterocycles. The number of hydrogen-bond acceptors (Lipinski definition) is 5. The second-order valence-corrected chi connectivity index (χ2v) is 8.34. The molecule has 1 fully saturated rings. The Hall–Kier alpha value is -2.93. The van der Waals surface area contributed by atoms with Crippen molar-refractivity contribution >= 4 is 11.6 Å². The molecular formula is C24H32N3O4+. The average Bonchev–Trinajstić information content (AvgIpc) is 3.12. The van der Waals surface area contributed by atoms with Gasteiger partial charge in [0.15, 0.2) is 6.54 Å². The van der Waals surface area contributed by atoms with Gasteiger partial charge in [-0.25, -0.2) is 0 Å². The molecule has 0 spiro atoms. The van der Waals surface area contributed by atoms with Gasteiger partial charge in [0.1, 0.15) is 23.4 Å². The van der Waals surface area contributed by atoms with Gasteiger partial charge >= 0.3 is 0 Å². The van der Waals surface area contributed by atoms with Gasteiger partial charge in [-0.2, -0.15) is 0 Å². The number of phenolic OH excluding ortho intramolecular Hbond substituents is 1. The number of piperazine rings is 1. The van der Waals surface area contributed by atoms with E-state index < -0.39 is 0 Å². The molecule has 0 unspecified atom stereocenters. The van der Waals surface area contributed by atoms with Crippen LogP contribution in [0.4, 0.5) is 5.69 Å². The molecule has 31 heavy (non-hydrogen) atoms. The molecule has 1 atom stereocenters. The second kappa shape index (κ2) is 9.47. The van der Waals surface area contributed by atoms with E-state index in [0.29, 0.717) is 19.7 Å². The molecular weight excluding hydrogens is 394 g/mol. The van der Waals surface area contributed by atoms with Crippen molar-refractivity contribution in [3.05, 3.63) is 47.5 Å². The first-order valence-electron chi connectivity index (χ1n) is 11.1. The molecule has 7 heteroatoms. The number of hydrogen-bond donors (Lipinski definition) is 3. The Morgan fingerprint density at radius 3 is 2.71 bits per heavy atom. The van der Waals surface area contributed by atoms with Gasteiger partial charge in [-0.3, -0.25) is 4.79 Å². The predicted octanol–water partition coefficient (Wildman–Crippen LogP) is 1.14. The topological polar surface area (TPSA) is 75.5 Å². The Labute approximate surface area is 183 Å². The van der Waals surface area contributed by atoms with Crippen LogP contribution >= 0.6 is 0 Å². The SMILES string of the molecule is CCOc1cc2c(cc1CNC(=O)C[NH+]1CCN(c3ccc(O)cc3)CC1)O[C@@H](C)C2. The molecule has 0 saturated carbocycles. The number of rotatable bonds is 7. The van der Waals surface area contributed by atoms with Crippen molar-refractivity contribution < 1.29 is 24.3 Å². The van der Waals surface area contributed by atoms with E-state index in [4.69, 9.17) is 9.47 Å². The summed E-state index contributed by atoms with van der Waals surface area (Å²) in [5.74, 6) is 2.05. The maximum Gasteiger partial charge on any atom is 0.275 e.